The summed E-state index contributed by atoms with van der Waals surface area (Å²) in [7, 11) is 0. The quantitative estimate of drug-likeness (QED) is 0.226. The molecule has 2 aromatic rings. The minimum atomic E-state index is -0.957. The van der Waals surface area contributed by atoms with E-state index in [1.54, 1.807) is 30.3 Å². The number of carbonyl (C=O) groups excluding carboxylic acids is 2. The van der Waals surface area contributed by atoms with Crippen LogP contribution in [0.4, 0.5) is 5.69 Å². The highest BCUT2D eigenvalue weighted by molar-refractivity contribution is 6.46. The number of nitro benzene ring substituents is 1. The van der Waals surface area contributed by atoms with Gasteiger partial charge in [-0.15, -0.1) is 0 Å². The van der Waals surface area contributed by atoms with E-state index in [9.17, 15) is 24.8 Å². The molecule has 1 N–H and O–H groups in total. The van der Waals surface area contributed by atoms with E-state index in [2.05, 4.69) is 4.90 Å². The second kappa shape index (κ2) is 9.70. The van der Waals surface area contributed by atoms with Crippen LogP contribution >= 0.6 is 11.6 Å². The first-order valence-corrected chi connectivity index (χ1v) is 10.8. The van der Waals surface area contributed by atoms with Crippen LogP contribution in [0.2, 0.25) is 5.02 Å². The van der Waals surface area contributed by atoms with E-state index in [1.807, 2.05) is 0 Å². The third-order valence-electron chi connectivity index (χ3n) is 5.82. The summed E-state index contributed by atoms with van der Waals surface area (Å²) in [6.07, 6.45) is 0. The number of rotatable bonds is 6. The molecule has 9 nitrogen and oxygen atoms in total. The van der Waals surface area contributed by atoms with E-state index in [0.29, 0.717) is 49.0 Å². The minimum Gasteiger partial charge on any atom is -0.507 e. The molecule has 33 heavy (non-hydrogen) atoms. The number of non-ortho nitro benzene ring substituents is 1. The van der Waals surface area contributed by atoms with E-state index in [0.717, 1.165) is 0 Å². The summed E-state index contributed by atoms with van der Waals surface area (Å²) in [5.74, 6) is -1.94. The predicted octanol–water partition coefficient (Wildman–Crippen LogP) is 3.00. The number of ketones is 1. The van der Waals surface area contributed by atoms with Crippen LogP contribution in [0.3, 0.4) is 0 Å². The van der Waals surface area contributed by atoms with Gasteiger partial charge in [0.05, 0.1) is 29.8 Å². The molecular formula is C23H22ClN3O6. The number of benzene rings is 2. The number of nitrogens with zero attached hydrogens (tertiary/aromatic N) is 3. The lowest BCUT2D eigenvalue weighted by Gasteiger charge is -2.31. The van der Waals surface area contributed by atoms with Crippen LogP contribution in [0.5, 0.6) is 0 Å². The Morgan fingerprint density at radius 2 is 1.82 bits per heavy atom. The second-order valence-electron chi connectivity index (χ2n) is 7.81. The molecule has 0 unspecified atom stereocenters. The minimum absolute atomic E-state index is 0.107. The fourth-order valence-electron chi connectivity index (χ4n) is 4.10. The van der Waals surface area contributed by atoms with Gasteiger partial charge in [-0.1, -0.05) is 23.7 Å². The van der Waals surface area contributed by atoms with E-state index in [4.69, 9.17) is 16.3 Å². The van der Waals surface area contributed by atoms with Gasteiger partial charge in [0.15, 0.2) is 0 Å². The van der Waals surface area contributed by atoms with Crippen molar-refractivity contribution in [1.82, 2.24) is 9.80 Å². The summed E-state index contributed by atoms with van der Waals surface area (Å²) in [5.41, 5.74) is 0.421. The smallest absolute Gasteiger partial charge is 0.295 e. The van der Waals surface area contributed by atoms with Gasteiger partial charge in [0.1, 0.15) is 5.76 Å². The number of Topliss-reactive ketones (excluding diaryl/α,β-unsaturated/α-hetero) is 1. The lowest BCUT2D eigenvalue weighted by Crippen LogP contribution is -2.42. The van der Waals surface area contributed by atoms with Gasteiger partial charge in [0.2, 0.25) is 0 Å². The number of hydrogen-bond donors (Lipinski definition) is 1. The van der Waals surface area contributed by atoms with Crippen LogP contribution in [0.25, 0.3) is 5.76 Å². The standard InChI is InChI=1S/C23H22ClN3O6/c24-17-6-4-15(5-7-17)21(28)19-20(16-2-1-3-18(14-16)27(31)32)26(23(30)22(19)29)9-8-25-10-12-33-13-11-25/h1-7,14,20,28H,8-13H2/t20-/m0/s1. The van der Waals surface area contributed by atoms with E-state index in [1.165, 1.54) is 23.1 Å². The summed E-state index contributed by atoms with van der Waals surface area (Å²) in [4.78, 5) is 40.4. The Morgan fingerprint density at radius 3 is 2.48 bits per heavy atom. The van der Waals surface area contributed by atoms with Gasteiger partial charge < -0.3 is 14.7 Å². The maximum atomic E-state index is 13.0. The fourth-order valence-corrected chi connectivity index (χ4v) is 4.23. The molecule has 0 aliphatic carbocycles. The molecule has 2 aliphatic heterocycles. The number of hydrogen-bond acceptors (Lipinski definition) is 7. The monoisotopic (exact) mass is 471 g/mol. The van der Waals surface area contributed by atoms with E-state index >= 15 is 0 Å². The molecule has 172 valence electrons. The SMILES string of the molecule is O=C1C(=O)N(CCN2CCOCC2)[C@@H](c2cccc([N+](=O)[O-])c2)C1=C(O)c1ccc(Cl)cc1. The van der Waals surface area contributed by atoms with Crippen LogP contribution in [-0.2, 0) is 14.3 Å². The van der Waals surface area contributed by atoms with Crippen molar-refractivity contribution in [3.8, 4) is 0 Å². The van der Waals surface area contributed by atoms with Crippen molar-refractivity contribution in [3.63, 3.8) is 0 Å². The lowest BCUT2D eigenvalue weighted by molar-refractivity contribution is -0.384. The van der Waals surface area contributed by atoms with Crippen LogP contribution in [0.1, 0.15) is 17.2 Å². The molecule has 1 amide bonds. The zero-order valence-electron chi connectivity index (χ0n) is 17.6. The van der Waals surface area contributed by atoms with E-state index in [-0.39, 0.29) is 23.6 Å². The number of aliphatic hydroxyl groups excluding tert-OH is 1. The lowest BCUT2D eigenvalue weighted by atomic mass is 9.95. The number of halogens is 1. The van der Waals surface area contributed by atoms with Gasteiger partial charge in [-0.05, 0) is 29.8 Å². The Balaban J connectivity index is 1.77. The molecular weight excluding hydrogens is 450 g/mol. The zero-order valence-corrected chi connectivity index (χ0v) is 18.4. The Labute approximate surface area is 195 Å². The third-order valence-corrected chi connectivity index (χ3v) is 6.07. The largest absolute Gasteiger partial charge is 0.507 e. The molecule has 4 rings (SSSR count). The molecule has 2 heterocycles. The molecule has 1 atom stereocenters. The molecule has 2 fully saturated rings. The van der Waals surface area contributed by atoms with Gasteiger partial charge in [-0.2, -0.15) is 0 Å². The summed E-state index contributed by atoms with van der Waals surface area (Å²) >= 11 is 5.93. The highest BCUT2D eigenvalue weighted by Crippen LogP contribution is 2.40. The summed E-state index contributed by atoms with van der Waals surface area (Å²) in [5, 5.41) is 22.8. The Bertz CT molecular complexity index is 1110. The highest BCUT2D eigenvalue weighted by atomic mass is 35.5. The van der Waals surface area contributed by atoms with Crippen molar-refractivity contribution in [2.75, 3.05) is 39.4 Å². The number of amides is 1. The van der Waals surface area contributed by atoms with Gasteiger partial charge in [-0.3, -0.25) is 24.6 Å². The Hall–Kier alpha value is -3.27. The van der Waals surface area contributed by atoms with Crippen molar-refractivity contribution >= 4 is 34.7 Å². The number of ether oxygens (including phenoxy) is 1. The van der Waals surface area contributed by atoms with Crippen LogP contribution in [0.15, 0.2) is 54.1 Å². The first-order chi connectivity index (χ1) is 15.9. The van der Waals surface area contributed by atoms with Crippen LogP contribution in [-0.4, -0.2) is 70.9 Å². The normalized spacial score (nSPS) is 20.9. The predicted molar refractivity (Wildman–Crippen MR) is 121 cm³/mol. The van der Waals surface area contributed by atoms with E-state index < -0.39 is 22.7 Å². The molecule has 0 spiro atoms. The maximum absolute atomic E-state index is 13.0. The molecule has 0 radical (unpaired) electrons. The van der Waals surface area contributed by atoms with Crippen molar-refractivity contribution in [1.29, 1.82) is 0 Å². The second-order valence-corrected chi connectivity index (χ2v) is 8.24. The Kier molecular flexibility index (Phi) is 6.73. The van der Waals surface area contributed by atoms with Gasteiger partial charge in [0, 0.05) is 48.9 Å². The fraction of sp³-hybridized carbons (Fsp3) is 0.304. The molecule has 2 saturated heterocycles. The van der Waals surface area contributed by atoms with Crippen LogP contribution < -0.4 is 0 Å². The summed E-state index contributed by atoms with van der Waals surface area (Å²) in [6, 6.07) is 11.0. The first kappa shape index (κ1) is 22.9. The maximum Gasteiger partial charge on any atom is 0.295 e. The highest BCUT2D eigenvalue weighted by Gasteiger charge is 2.46. The third kappa shape index (κ3) is 4.75. The molecule has 0 aromatic heterocycles. The number of morpholine rings is 1. The van der Waals surface area contributed by atoms with Crippen molar-refractivity contribution in [2.24, 2.45) is 0 Å². The number of nitro groups is 1. The van der Waals surface area contributed by atoms with Crippen molar-refractivity contribution in [2.45, 2.75) is 6.04 Å². The topological polar surface area (TPSA) is 113 Å². The van der Waals surface area contributed by atoms with Crippen molar-refractivity contribution < 1.29 is 24.4 Å². The van der Waals surface area contributed by atoms with Crippen LogP contribution in [0, 0.1) is 10.1 Å². The molecule has 0 bridgehead atoms. The Morgan fingerprint density at radius 1 is 1.12 bits per heavy atom. The number of aliphatic hydroxyl groups is 1. The van der Waals surface area contributed by atoms with Gasteiger partial charge in [0.25, 0.3) is 17.4 Å². The first-order valence-electron chi connectivity index (χ1n) is 10.5. The number of likely N-dealkylation sites (tertiary alicyclic amines) is 1. The summed E-state index contributed by atoms with van der Waals surface area (Å²) in [6.45, 7) is 3.30. The van der Waals surface area contributed by atoms with Gasteiger partial charge >= 0.3 is 0 Å². The number of carbonyl (C=O) groups is 2. The zero-order chi connectivity index (χ0) is 23.5. The molecule has 2 aromatic carbocycles. The molecule has 0 saturated carbocycles. The summed E-state index contributed by atoms with van der Waals surface area (Å²) < 4.78 is 5.35. The van der Waals surface area contributed by atoms with Gasteiger partial charge in [-0.25, -0.2) is 0 Å². The average Bonchev–Trinajstić information content (AvgIpc) is 3.08. The molecule has 2 aliphatic rings. The van der Waals surface area contributed by atoms with Crippen molar-refractivity contribution in [3.05, 3.63) is 80.4 Å². The average molecular weight is 472 g/mol. The molecule has 10 heteroatoms.